The molecule has 0 saturated carbocycles. The lowest BCUT2D eigenvalue weighted by molar-refractivity contribution is 0.248. The van der Waals surface area contributed by atoms with Crippen molar-refractivity contribution in [3.8, 4) is 5.69 Å². The molecule has 0 aliphatic heterocycles. The average molecular weight is 349 g/mol. The average Bonchev–Trinajstić information content (AvgIpc) is 3.15. The van der Waals surface area contributed by atoms with Gasteiger partial charge in [0.1, 0.15) is 6.33 Å². The molecule has 5 heteroatoms. The second-order valence-corrected chi connectivity index (χ2v) is 6.79. The van der Waals surface area contributed by atoms with Crippen molar-refractivity contribution in [2.24, 2.45) is 0 Å². The molecule has 0 aliphatic carbocycles. The van der Waals surface area contributed by atoms with Crippen molar-refractivity contribution in [2.75, 3.05) is 7.05 Å². The van der Waals surface area contributed by atoms with Crippen LogP contribution in [0.3, 0.4) is 0 Å². The first-order chi connectivity index (χ1) is 12.7. The molecule has 0 fully saturated rings. The van der Waals surface area contributed by atoms with Gasteiger partial charge in [-0.25, -0.2) is 14.6 Å². The van der Waals surface area contributed by atoms with Crippen molar-refractivity contribution < 1.29 is 0 Å². The Morgan fingerprint density at radius 3 is 2.62 bits per heavy atom. The van der Waals surface area contributed by atoms with Crippen molar-refractivity contribution in [1.29, 1.82) is 0 Å². The smallest absolute Gasteiger partial charge is 0.115 e. The van der Waals surface area contributed by atoms with E-state index in [9.17, 15) is 0 Å². The number of aromatic nitrogens is 4. The molecule has 0 radical (unpaired) electrons. The number of unbranched alkanes of at least 4 members (excludes halogenated alkanes) is 1. The van der Waals surface area contributed by atoms with Crippen LogP contribution in [0.1, 0.15) is 49.6 Å². The number of benzene rings is 1. The standard InChI is InChI=1S/C21H27N5/c1-4-5-6-18-7-9-20(10-8-18)26-15-19(13-24-26)14-25(3)17(2)21-11-12-22-16-23-21/h7-13,15-17H,4-6,14H2,1-3H3. The molecule has 136 valence electrons. The molecule has 3 aromatic rings. The van der Waals surface area contributed by atoms with Crippen LogP contribution in [0.2, 0.25) is 0 Å². The molecule has 3 rings (SSSR count). The lowest BCUT2D eigenvalue weighted by atomic mass is 10.1. The topological polar surface area (TPSA) is 46.8 Å². The summed E-state index contributed by atoms with van der Waals surface area (Å²) in [4.78, 5) is 10.6. The number of hydrogen-bond acceptors (Lipinski definition) is 4. The van der Waals surface area contributed by atoms with Crippen molar-refractivity contribution in [3.63, 3.8) is 0 Å². The van der Waals surface area contributed by atoms with Gasteiger partial charge in [0.05, 0.1) is 17.6 Å². The summed E-state index contributed by atoms with van der Waals surface area (Å²) in [5, 5.41) is 4.53. The fourth-order valence-corrected chi connectivity index (χ4v) is 2.98. The molecule has 2 aromatic heterocycles. The Hall–Kier alpha value is -2.53. The Balaban J connectivity index is 1.64. The molecule has 0 saturated heterocycles. The first-order valence-corrected chi connectivity index (χ1v) is 9.26. The van der Waals surface area contributed by atoms with Crippen LogP contribution < -0.4 is 0 Å². The van der Waals surface area contributed by atoms with E-state index in [-0.39, 0.29) is 6.04 Å². The third-order valence-corrected chi connectivity index (χ3v) is 4.78. The SMILES string of the molecule is CCCCc1ccc(-n2cc(CN(C)C(C)c3ccncn3)cn2)cc1. The van der Waals surface area contributed by atoms with E-state index < -0.39 is 0 Å². The van der Waals surface area contributed by atoms with Crippen molar-refractivity contribution in [1.82, 2.24) is 24.6 Å². The zero-order valence-corrected chi connectivity index (χ0v) is 15.8. The zero-order valence-electron chi connectivity index (χ0n) is 15.8. The lowest BCUT2D eigenvalue weighted by Crippen LogP contribution is -2.22. The Morgan fingerprint density at radius 2 is 1.92 bits per heavy atom. The van der Waals surface area contributed by atoms with Crippen LogP contribution in [-0.4, -0.2) is 31.7 Å². The van der Waals surface area contributed by atoms with E-state index in [1.165, 1.54) is 24.0 Å². The quantitative estimate of drug-likeness (QED) is 0.611. The van der Waals surface area contributed by atoms with Gasteiger partial charge in [0.15, 0.2) is 0 Å². The predicted molar refractivity (Wildman–Crippen MR) is 104 cm³/mol. The van der Waals surface area contributed by atoms with Gasteiger partial charge in [0.25, 0.3) is 0 Å². The van der Waals surface area contributed by atoms with Crippen molar-refractivity contribution in [2.45, 2.75) is 45.7 Å². The summed E-state index contributed by atoms with van der Waals surface area (Å²) in [7, 11) is 2.10. The van der Waals surface area contributed by atoms with Crippen LogP contribution >= 0.6 is 0 Å². The van der Waals surface area contributed by atoms with Gasteiger partial charge in [-0.3, -0.25) is 4.90 Å². The molecule has 5 nitrogen and oxygen atoms in total. The summed E-state index contributed by atoms with van der Waals surface area (Å²) >= 11 is 0. The summed E-state index contributed by atoms with van der Waals surface area (Å²) in [5.41, 5.74) is 4.70. The van der Waals surface area contributed by atoms with E-state index in [1.807, 2.05) is 16.9 Å². The van der Waals surface area contributed by atoms with E-state index in [1.54, 1.807) is 12.5 Å². The van der Waals surface area contributed by atoms with Crippen LogP contribution in [-0.2, 0) is 13.0 Å². The molecular formula is C21H27N5. The van der Waals surface area contributed by atoms with Gasteiger partial charge in [-0.15, -0.1) is 0 Å². The molecule has 1 unspecified atom stereocenters. The van der Waals surface area contributed by atoms with E-state index in [0.29, 0.717) is 0 Å². The monoisotopic (exact) mass is 349 g/mol. The van der Waals surface area contributed by atoms with Crippen LogP contribution in [0, 0.1) is 0 Å². The summed E-state index contributed by atoms with van der Waals surface area (Å²) < 4.78 is 1.95. The predicted octanol–water partition coefficient (Wildman–Crippen LogP) is 4.20. The van der Waals surface area contributed by atoms with Gasteiger partial charge in [-0.05, 0) is 50.6 Å². The third-order valence-electron chi connectivity index (χ3n) is 4.78. The highest BCUT2D eigenvalue weighted by Crippen LogP contribution is 2.19. The molecule has 0 spiro atoms. The number of hydrogen-bond donors (Lipinski definition) is 0. The molecule has 0 aliphatic rings. The highest BCUT2D eigenvalue weighted by Gasteiger charge is 2.14. The van der Waals surface area contributed by atoms with Crippen LogP contribution in [0.15, 0.2) is 55.2 Å². The summed E-state index contributed by atoms with van der Waals surface area (Å²) in [6.07, 6.45) is 11.0. The first-order valence-electron chi connectivity index (χ1n) is 9.26. The van der Waals surface area contributed by atoms with Gasteiger partial charge in [-0.2, -0.15) is 5.10 Å². The molecular weight excluding hydrogens is 322 g/mol. The van der Waals surface area contributed by atoms with E-state index in [2.05, 4.69) is 71.3 Å². The van der Waals surface area contributed by atoms with Crippen LogP contribution in [0.25, 0.3) is 5.69 Å². The summed E-state index contributed by atoms with van der Waals surface area (Å²) in [5.74, 6) is 0. The Morgan fingerprint density at radius 1 is 1.12 bits per heavy atom. The highest BCUT2D eigenvalue weighted by atomic mass is 15.3. The van der Waals surface area contributed by atoms with Crippen molar-refractivity contribution in [3.05, 3.63) is 72.1 Å². The van der Waals surface area contributed by atoms with E-state index in [4.69, 9.17) is 0 Å². The summed E-state index contributed by atoms with van der Waals surface area (Å²) in [6, 6.07) is 10.9. The molecule has 1 atom stereocenters. The number of aryl methyl sites for hydroxylation is 1. The van der Waals surface area contributed by atoms with E-state index >= 15 is 0 Å². The minimum Gasteiger partial charge on any atom is -0.294 e. The molecule has 0 amide bonds. The minimum absolute atomic E-state index is 0.221. The molecule has 2 heterocycles. The lowest BCUT2D eigenvalue weighted by Gasteiger charge is -2.23. The molecule has 1 aromatic carbocycles. The molecule has 26 heavy (non-hydrogen) atoms. The van der Waals surface area contributed by atoms with Gasteiger partial charge in [0, 0.05) is 30.5 Å². The molecule has 0 bridgehead atoms. The third kappa shape index (κ3) is 4.55. The maximum Gasteiger partial charge on any atom is 0.115 e. The van der Waals surface area contributed by atoms with Gasteiger partial charge in [0.2, 0.25) is 0 Å². The largest absolute Gasteiger partial charge is 0.294 e. The fraction of sp³-hybridized carbons (Fsp3) is 0.381. The van der Waals surface area contributed by atoms with Crippen LogP contribution in [0.5, 0.6) is 0 Å². The minimum atomic E-state index is 0.221. The second kappa shape index (κ2) is 8.72. The van der Waals surface area contributed by atoms with Gasteiger partial charge >= 0.3 is 0 Å². The summed E-state index contributed by atoms with van der Waals surface area (Å²) in [6.45, 7) is 5.20. The number of rotatable bonds is 8. The second-order valence-electron chi connectivity index (χ2n) is 6.79. The van der Waals surface area contributed by atoms with Crippen molar-refractivity contribution >= 4 is 0 Å². The highest BCUT2D eigenvalue weighted by molar-refractivity contribution is 5.34. The normalized spacial score (nSPS) is 12.5. The first kappa shape index (κ1) is 18.3. The van der Waals surface area contributed by atoms with E-state index in [0.717, 1.165) is 24.3 Å². The molecule has 0 N–H and O–H groups in total. The maximum absolute atomic E-state index is 4.53. The van der Waals surface area contributed by atoms with Crippen LogP contribution in [0.4, 0.5) is 0 Å². The Labute approximate surface area is 155 Å². The van der Waals surface area contributed by atoms with Gasteiger partial charge in [-0.1, -0.05) is 25.5 Å². The number of nitrogens with zero attached hydrogens (tertiary/aromatic N) is 5. The Kier molecular flexibility index (Phi) is 6.12. The zero-order chi connectivity index (χ0) is 18.4. The maximum atomic E-state index is 4.53. The Bertz CT molecular complexity index is 795. The fourth-order valence-electron chi connectivity index (χ4n) is 2.98. The van der Waals surface area contributed by atoms with Gasteiger partial charge < -0.3 is 0 Å².